The Hall–Kier alpha value is -2.43. The molecule has 18 heavy (non-hydrogen) atoms. The molecule has 1 unspecified atom stereocenters. The SMILES string of the molecule is CC1=C(O)N(c2ccccc2)N2C(=O)C=CNC12. The monoisotopic (exact) mass is 243 g/mol. The van der Waals surface area contributed by atoms with Gasteiger partial charge in [0.05, 0.1) is 5.69 Å². The van der Waals surface area contributed by atoms with Crippen LogP contribution in [0.4, 0.5) is 5.69 Å². The quantitative estimate of drug-likeness (QED) is 0.784. The molecule has 1 atom stereocenters. The van der Waals surface area contributed by atoms with E-state index in [1.807, 2.05) is 30.3 Å². The Balaban J connectivity index is 2.08. The largest absolute Gasteiger partial charge is 0.493 e. The minimum absolute atomic E-state index is 0.0933. The average Bonchev–Trinajstić information content (AvgIpc) is 2.65. The van der Waals surface area contributed by atoms with Crippen molar-refractivity contribution in [2.75, 3.05) is 5.01 Å². The first kappa shape index (κ1) is 10.7. The zero-order valence-corrected chi connectivity index (χ0v) is 9.87. The minimum atomic E-state index is -0.317. The summed E-state index contributed by atoms with van der Waals surface area (Å²) in [5.74, 6) is -0.0678. The molecule has 0 spiro atoms. The highest BCUT2D eigenvalue weighted by molar-refractivity contribution is 5.91. The summed E-state index contributed by atoms with van der Waals surface area (Å²) in [4.78, 5) is 12.0. The second kappa shape index (κ2) is 3.80. The molecule has 0 bridgehead atoms. The fraction of sp³-hybridized carbons (Fsp3) is 0.154. The number of hydrogen-bond donors (Lipinski definition) is 2. The van der Waals surface area contributed by atoms with Gasteiger partial charge in [-0.15, -0.1) is 0 Å². The molecule has 1 amide bonds. The second-order valence-electron chi connectivity index (χ2n) is 4.24. The fourth-order valence-corrected chi connectivity index (χ4v) is 2.21. The summed E-state index contributed by atoms with van der Waals surface area (Å²) in [6.45, 7) is 1.80. The zero-order chi connectivity index (χ0) is 12.7. The van der Waals surface area contributed by atoms with E-state index in [0.717, 1.165) is 11.3 Å². The minimum Gasteiger partial charge on any atom is -0.493 e. The molecule has 5 nitrogen and oxygen atoms in total. The van der Waals surface area contributed by atoms with E-state index in [1.54, 1.807) is 13.1 Å². The van der Waals surface area contributed by atoms with Crippen molar-refractivity contribution in [3.63, 3.8) is 0 Å². The van der Waals surface area contributed by atoms with Gasteiger partial charge in [0.25, 0.3) is 5.91 Å². The molecule has 0 aromatic heterocycles. The number of nitrogens with zero attached hydrogens (tertiary/aromatic N) is 2. The van der Waals surface area contributed by atoms with Crippen molar-refractivity contribution in [2.45, 2.75) is 13.1 Å². The lowest BCUT2D eigenvalue weighted by Gasteiger charge is -2.35. The van der Waals surface area contributed by atoms with Gasteiger partial charge in [-0.1, -0.05) is 18.2 Å². The molecule has 0 radical (unpaired) electrons. The van der Waals surface area contributed by atoms with E-state index < -0.39 is 0 Å². The third kappa shape index (κ3) is 1.37. The van der Waals surface area contributed by atoms with Gasteiger partial charge in [-0.2, -0.15) is 0 Å². The van der Waals surface area contributed by atoms with Crippen LogP contribution < -0.4 is 10.3 Å². The number of para-hydroxylation sites is 1. The van der Waals surface area contributed by atoms with Crippen LogP contribution in [0.1, 0.15) is 6.92 Å². The fourth-order valence-electron chi connectivity index (χ4n) is 2.21. The Morgan fingerprint density at radius 2 is 2.00 bits per heavy atom. The van der Waals surface area contributed by atoms with Gasteiger partial charge >= 0.3 is 0 Å². The number of hydrogen-bond acceptors (Lipinski definition) is 4. The molecule has 2 heterocycles. The van der Waals surface area contributed by atoms with Crippen LogP contribution in [0, 0.1) is 0 Å². The van der Waals surface area contributed by atoms with E-state index in [-0.39, 0.29) is 18.0 Å². The molecule has 0 saturated carbocycles. The van der Waals surface area contributed by atoms with Crippen LogP contribution in [0.25, 0.3) is 0 Å². The molecule has 92 valence electrons. The lowest BCUT2D eigenvalue weighted by molar-refractivity contribution is -0.128. The Morgan fingerprint density at radius 1 is 1.28 bits per heavy atom. The van der Waals surface area contributed by atoms with Gasteiger partial charge in [0, 0.05) is 17.8 Å². The summed E-state index contributed by atoms with van der Waals surface area (Å²) in [5.41, 5.74) is 1.47. The first-order valence-electron chi connectivity index (χ1n) is 5.71. The number of benzene rings is 1. The summed E-state index contributed by atoms with van der Waals surface area (Å²) < 4.78 is 0. The van der Waals surface area contributed by atoms with Crippen LogP contribution in [0.5, 0.6) is 0 Å². The van der Waals surface area contributed by atoms with E-state index in [4.69, 9.17) is 0 Å². The van der Waals surface area contributed by atoms with Crippen LogP contribution in [0.2, 0.25) is 0 Å². The predicted molar refractivity (Wildman–Crippen MR) is 67.2 cm³/mol. The summed E-state index contributed by atoms with van der Waals surface area (Å²) in [7, 11) is 0. The number of amides is 1. The van der Waals surface area contributed by atoms with E-state index in [9.17, 15) is 9.90 Å². The van der Waals surface area contributed by atoms with Crippen molar-refractivity contribution in [1.82, 2.24) is 10.3 Å². The van der Waals surface area contributed by atoms with E-state index in [0.29, 0.717) is 0 Å². The third-order valence-corrected chi connectivity index (χ3v) is 3.13. The molecule has 2 N–H and O–H groups in total. The van der Waals surface area contributed by atoms with Gasteiger partial charge in [-0.3, -0.25) is 4.79 Å². The van der Waals surface area contributed by atoms with E-state index in [1.165, 1.54) is 16.1 Å². The number of fused-ring (bicyclic) bond motifs is 1. The maximum absolute atomic E-state index is 12.0. The van der Waals surface area contributed by atoms with Crippen molar-refractivity contribution in [2.24, 2.45) is 0 Å². The van der Waals surface area contributed by atoms with Crippen molar-refractivity contribution in [3.8, 4) is 0 Å². The van der Waals surface area contributed by atoms with Crippen LogP contribution in [-0.2, 0) is 4.79 Å². The lowest BCUT2D eigenvalue weighted by Crippen LogP contribution is -2.53. The van der Waals surface area contributed by atoms with Crippen LogP contribution >= 0.6 is 0 Å². The molecule has 1 aromatic rings. The Morgan fingerprint density at radius 3 is 2.72 bits per heavy atom. The topological polar surface area (TPSA) is 55.8 Å². The summed E-state index contributed by atoms with van der Waals surface area (Å²) in [6, 6.07) is 9.31. The van der Waals surface area contributed by atoms with Crippen molar-refractivity contribution in [1.29, 1.82) is 0 Å². The highest BCUT2D eigenvalue weighted by Gasteiger charge is 2.41. The standard InChI is InChI=1S/C13H13N3O2/c1-9-12-14-8-7-11(17)16(12)15(13(9)18)10-5-3-2-4-6-10/h2-8,12,14,18H,1H3. The van der Waals surface area contributed by atoms with Gasteiger partial charge in [0.15, 0.2) is 0 Å². The zero-order valence-electron chi connectivity index (χ0n) is 9.87. The second-order valence-corrected chi connectivity index (χ2v) is 4.24. The van der Waals surface area contributed by atoms with Gasteiger partial charge in [0.2, 0.25) is 5.88 Å². The van der Waals surface area contributed by atoms with Gasteiger partial charge in [-0.25, -0.2) is 10.0 Å². The molecule has 5 heteroatoms. The molecule has 0 saturated heterocycles. The van der Waals surface area contributed by atoms with E-state index >= 15 is 0 Å². The normalized spacial score (nSPS) is 22.3. The van der Waals surface area contributed by atoms with Gasteiger partial charge in [0.1, 0.15) is 6.17 Å². The van der Waals surface area contributed by atoms with Crippen molar-refractivity contribution >= 4 is 11.6 Å². The summed E-state index contributed by atoms with van der Waals surface area (Å²) in [5, 5.41) is 16.3. The van der Waals surface area contributed by atoms with E-state index in [2.05, 4.69) is 5.32 Å². The summed E-state index contributed by atoms with van der Waals surface area (Å²) in [6.07, 6.45) is 2.73. The molecule has 1 aromatic carbocycles. The van der Waals surface area contributed by atoms with Gasteiger partial charge < -0.3 is 10.4 Å². The number of nitrogens with one attached hydrogen (secondary N) is 1. The maximum Gasteiger partial charge on any atom is 0.269 e. The number of rotatable bonds is 1. The number of hydrazine groups is 1. The Bertz CT molecular complexity index is 551. The van der Waals surface area contributed by atoms with Crippen LogP contribution in [0.3, 0.4) is 0 Å². The smallest absolute Gasteiger partial charge is 0.269 e. The predicted octanol–water partition coefficient (Wildman–Crippen LogP) is 1.48. The first-order valence-corrected chi connectivity index (χ1v) is 5.71. The highest BCUT2D eigenvalue weighted by Crippen LogP contribution is 2.32. The molecule has 2 aliphatic heterocycles. The number of carbonyl (C=O) groups excluding carboxylic acids is 1. The molecule has 0 aliphatic carbocycles. The Kier molecular flexibility index (Phi) is 2.26. The third-order valence-electron chi connectivity index (χ3n) is 3.13. The molecule has 2 aliphatic rings. The first-order chi connectivity index (χ1) is 8.70. The van der Waals surface area contributed by atoms with Crippen LogP contribution in [0.15, 0.2) is 54.1 Å². The highest BCUT2D eigenvalue weighted by atomic mass is 16.3. The average molecular weight is 243 g/mol. The number of anilines is 1. The maximum atomic E-state index is 12.0. The molecular formula is C13H13N3O2. The number of aliphatic hydroxyl groups excluding tert-OH is 1. The van der Waals surface area contributed by atoms with Crippen molar-refractivity contribution < 1.29 is 9.90 Å². The van der Waals surface area contributed by atoms with Crippen LogP contribution in [-0.4, -0.2) is 22.2 Å². The number of aliphatic hydroxyl groups is 1. The molecule has 0 fully saturated rings. The molecule has 3 rings (SSSR count). The lowest BCUT2D eigenvalue weighted by atomic mass is 10.2. The number of carbonyl (C=O) groups is 1. The van der Waals surface area contributed by atoms with Gasteiger partial charge in [-0.05, 0) is 19.1 Å². The van der Waals surface area contributed by atoms with Crippen molar-refractivity contribution in [3.05, 3.63) is 54.1 Å². The Labute approximate surface area is 105 Å². The molecular weight excluding hydrogens is 230 g/mol. The summed E-state index contributed by atoms with van der Waals surface area (Å²) >= 11 is 0.